The zero-order valence-electron chi connectivity index (χ0n) is 16.6. The Kier molecular flexibility index (Phi) is 6.71. The van der Waals surface area contributed by atoms with Gasteiger partial charge in [0, 0.05) is 6.07 Å². The second-order valence-electron chi connectivity index (χ2n) is 6.81. The number of aliphatic hydroxyl groups excluding tert-OH is 1. The number of carbonyl (C=O) groups excluding carboxylic acids is 3. The van der Waals surface area contributed by atoms with Gasteiger partial charge >= 0.3 is 5.97 Å². The van der Waals surface area contributed by atoms with Crippen LogP contribution < -0.4 is 4.74 Å². The SMILES string of the molecule is O=C(ON1C(=O)CC(S(=O)(=O)O)C1=O)c1cccc(OCc2ccc([N+](=O)[O-])c(CO)c2)c1. The van der Waals surface area contributed by atoms with E-state index in [1.54, 1.807) is 0 Å². The number of aliphatic hydroxyl groups is 1. The zero-order chi connectivity index (χ0) is 24.3. The maximum atomic E-state index is 12.3. The van der Waals surface area contributed by atoms with Crippen molar-refractivity contribution in [3.63, 3.8) is 0 Å². The minimum Gasteiger partial charge on any atom is -0.489 e. The molecule has 1 aliphatic heterocycles. The van der Waals surface area contributed by atoms with Gasteiger partial charge in [-0.3, -0.25) is 24.3 Å². The predicted octanol–water partition coefficient (Wildman–Crippen LogP) is 0.753. The molecule has 0 aliphatic carbocycles. The van der Waals surface area contributed by atoms with Crippen LogP contribution in [0.4, 0.5) is 5.69 Å². The van der Waals surface area contributed by atoms with Crippen LogP contribution in [0, 0.1) is 10.1 Å². The molecule has 2 aromatic rings. The molecule has 2 N–H and O–H groups in total. The number of ether oxygens (including phenoxy) is 1. The van der Waals surface area contributed by atoms with Crippen LogP contribution in [0.15, 0.2) is 42.5 Å². The summed E-state index contributed by atoms with van der Waals surface area (Å²) in [6.45, 7) is -0.611. The molecule has 174 valence electrons. The Balaban J connectivity index is 1.69. The highest BCUT2D eigenvalue weighted by Gasteiger charge is 2.48. The third kappa shape index (κ3) is 5.31. The summed E-state index contributed by atoms with van der Waals surface area (Å²) in [6, 6.07) is 9.47. The van der Waals surface area contributed by atoms with E-state index >= 15 is 0 Å². The van der Waals surface area contributed by atoms with Crippen molar-refractivity contribution in [1.82, 2.24) is 5.06 Å². The minimum absolute atomic E-state index is 0.0123. The molecule has 0 radical (unpaired) electrons. The predicted molar refractivity (Wildman–Crippen MR) is 107 cm³/mol. The Hall–Kier alpha value is -3.88. The standard InChI is InChI=1S/C19H16N2O11S/c22-9-13-6-11(4-5-15(13)21(26)27)10-31-14-3-1-2-12(7-14)19(25)32-20-17(23)8-16(18(20)24)33(28,29)30/h1-7,16,22H,8-10H2,(H,28,29,30). The van der Waals surface area contributed by atoms with Crippen molar-refractivity contribution in [2.24, 2.45) is 0 Å². The number of nitrogens with zero attached hydrogens (tertiary/aromatic N) is 2. The lowest BCUT2D eigenvalue weighted by Crippen LogP contribution is -2.36. The number of imide groups is 1. The summed E-state index contributed by atoms with van der Waals surface area (Å²) in [5.74, 6) is -3.48. The van der Waals surface area contributed by atoms with Crippen LogP contribution in [-0.4, -0.2) is 51.1 Å². The first-order valence-electron chi connectivity index (χ1n) is 9.16. The van der Waals surface area contributed by atoms with Gasteiger partial charge in [0.2, 0.25) is 0 Å². The van der Waals surface area contributed by atoms with E-state index in [4.69, 9.17) is 14.1 Å². The highest BCUT2D eigenvalue weighted by atomic mass is 32.2. The van der Waals surface area contributed by atoms with E-state index in [1.165, 1.54) is 42.5 Å². The van der Waals surface area contributed by atoms with Crippen molar-refractivity contribution in [2.75, 3.05) is 0 Å². The maximum absolute atomic E-state index is 12.3. The number of hydrogen-bond donors (Lipinski definition) is 2. The lowest BCUT2D eigenvalue weighted by Gasteiger charge is -2.14. The van der Waals surface area contributed by atoms with Gasteiger partial charge in [-0.2, -0.15) is 8.42 Å². The van der Waals surface area contributed by atoms with E-state index in [2.05, 4.69) is 0 Å². The molecule has 3 rings (SSSR count). The topological polar surface area (TPSA) is 191 Å². The highest BCUT2D eigenvalue weighted by Crippen LogP contribution is 2.23. The van der Waals surface area contributed by atoms with E-state index in [9.17, 15) is 38.0 Å². The van der Waals surface area contributed by atoms with Gasteiger partial charge in [0.05, 0.1) is 29.1 Å². The number of rotatable bonds is 8. The van der Waals surface area contributed by atoms with Gasteiger partial charge in [-0.1, -0.05) is 6.07 Å². The minimum atomic E-state index is -4.85. The van der Waals surface area contributed by atoms with Crippen LogP contribution in [0.2, 0.25) is 0 Å². The molecule has 0 aromatic heterocycles. The second kappa shape index (κ2) is 9.32. The molecule has 33 heavy (non-hydrogen) atoms. The summed E-state index contributed by atoms with van der Waals surface area (Å²) in [6.07, 6.45) is -0.862. The fourth-order valence-electron chi connectivity index (χ4n) is 2.96. The number of nitro benzene ring substituents is 1. The van der Waals surface area contributed by atoms with Gasteiger partial charge in [0.25, 0.3) is 27.6 Å². The molecule has 1 atom stereocenters. The lowest BCUT2D eigenvalue weighted by atomic mass is 10.1. The van der Waals surface area contributed by atoms with Crippen molar-refractivity contribution in [2.45, 2.75) is 24.9 Å². The van der Waals surface area contributed by atoms with Gasteiger partial charge in [-0.15, -0.1) is 5.06 Å². The Morgan fingerprint density at radius 1 is 1.21 bits per heavy atom. The van der Waals surface area contributed by atoms with Gasteiger partial charge in [0.15, 0.2) is 5.25 Å². The molecule has 1 aliphatic rings. The third-order valence-corrected chi connectivity index (χ3v) is 5.67. The Labute approximate surface area is 186 Å². The molecule has 2 amide bonds. The first-order chi connectivity index (χ1) is 15.5. The van der Waals surface area contributed by atoms with Gasteiger partial charge < -0.3 is 14.7 Å². The number of benzene rings is 2. The molecule has 0 spiro atoms. The van der Waals surface area contributed by atoms with Crippen molar-refractivity contribution < 1.29 is 47.0 Å². The molecule has 0 saturated carbocycles. The normalized spacial score (nSPS) is 16.1. The molecule has 2 aromatic carbocycles. The van der Waals surface area contributed by atoms with E-state index < -0.39 is 51.1 Å². The molecule has 14 heteroatoms. The second-order valence-corrected chi connectivity index (χ2v) is 8.41. The molecule has 1 saturated heterocycles. The average Bonchev–Trinajstić information content (AvgIpc) is 3.06. The summed E-state index contributed by atoms with van der Waals surface area (Å²) < 4.78 is 36.9. The molecule has 1 unspecified atom stereocenters. The first kappa shape index (κ1) is 23.8. The molecule has 13 nitrogen and oxygen atoms in total. The maximum Gasteiger partial charge on any atom is 0.364 e. The van der Waals surface area contributed by atoms with E-state index in [0.29, 0.717) is 5.56 Å². The largest absolute Gasteiger partial charge is 0.489 e. The number of hydroxylamine groups is 2. The fourth-order valence-corrected chi connectivity index (χ4v) is 3.66. The Morgan fingerprint density at radius 2 is 1.94 bits per heavy atom. The van der Waals surface area contributed by atoms with Crippen LogP contribution in [0.1, 0.15) is 27.9 Å². The first-order valence-corrected chi connectivity index (χ1v) is 10.7. The molecule has 1 fully saturated rings. The fraction of sp³-hybridized carbons (Fsp3) is 0.211. The summed E-state index contributed by atoms with van der Waals surface area (Å²) >= 11 is 0. The van der Waals surface area contributed by atoms with Gasteiger partial charge in [0.1, 0.15) is 12.4 Å². The van der Waals surface area contributed by atoms with E-state index in [1.807, 2.05) is 0 Å². The van der Waals surface area contributed by atoms with E-state index in [-0.39, 0.29) is 34.2 Å². The molecule has 0 bridgehead atoms. The molecule has 1 heterocycles. The molecular weight excluding hydrogens is 464 g/mol. The van der Waals surface area contributed by atoms with Crippen LogP contribution in [0.5, 0.6) is 5.75 Å². The monoisotopic (exact) mass is 480 g/mol. The van der Waals surface area contributed by atoms with Crippen LogP contribution >= 0.6 is 0 Å². The summed E-state index contributed by atoms with van der Waals surface area (Å²) in [5, 5.41) is 18.2. The van der Waals surface area contributed by atoms with Crippen LogP contribution in [0.3, 0.4) is 0 Å². The highest BCUT2D eigenvalue weighted by molar-refractivity contribution is 7.87. The van der Waals surface area contributed by atoms with Crippen molar-refractivity contribution in [1.29, 1.82) is 0 Å². The van der Waals surface area contributed by atoms with Crippen molar-refractivity contribution >= 4 is 33.6 Å². The summed E-state index contributed by atoms with van der Waals surface area (Å²) in [7, 11) is -4.85. The lowest BCUT2D eigenvalue weighted by molar-refractivity contribution is -0.385. The number of amides is 2. The number of carbonyl (C=O) groups is 3. The summed E-state index contributed by atoms with van der Waals surface area (Å²) in [4.78, 5) is 51.1. The molecular formula is C19H16N2O11S. The number of nitro groups is 1. The summed E-state index contributed by atoms with van der Waals surface area (Å²) in [5.41, 5.74) is 0.222. The van der Waals surface area contributed by atoms with E-state index in [0.717, 1.165) is 0 Å². The van der Waals surface area contributed by atoms with Gasteiger partial charge in [-0.25, -0.2) is 4.79 Å². The van der Waals surface area contributed by atoms with Crippen LogP contribution in [0.25, 0.3) is 0 Å². The van der Waals surface area contributed by atoms with Crippen molar-refractivity contribution in [3.05, 3.63) is 69.3 Å². The number of hydrogen-bond acceptors (Lipinski definition) is 10. The average molecular weight is 480 g/mol. The Morgan fingerprint density at radius 3 is 2.55 bits per heavy atom. The quantitative estimate of drug-likeness (QED) is 0.234. The van der Waals surface area contributed by atoms with Crippen LogP contribution in [-0.2, 0) is 37.8 Å². The van der Waals surface area contributed by atoms with Gasteiger partial charge in [-0.05, 0) is 35.9 Å². The smallest absolute Gasteiger partial charge is 0.364 e. The van der Waals surface area contributed by atoms with Crippen molar-refractivity contribution in [3.8, 4) is 5.75 Å². The Bertz CT molecular complexity index is 1240. The zero-order valence-corrected chi connectivity index (χ0v) is 17.4. The third-order valence-electron chi connectivity index (χ3n) is 4.58.